The van der Waals surface area contributed by atoms with Crippen LogP contribution in [0.3, 0.4) is 0 Å². The number of hydrogen-bond donors (Lipinski definition) is 1. The lowest BCUT2D eigenvalue weighted by molar-refractivity contribution is -0.137. The first-order chi connectivity index (χ1) is 9.38. The topological polar surface area (TPSA) is 54.7 Å². The summed E-state index contributed by atoms with van der Waals surface area (Å²) in [5.74, 6) is 0.476. The highest BCUT2D eigenvalue weighted by Gasteiger charge is 2.32. The fourth-order valence-corrected chi connectivity index (χ4v) is 2.29. The lowest BCUT2D eigenvalue weighted by Gasteiger charge is -2.10. The summed E-state index contributed by atoms with van der Waals surface area (Å²) >= 11 is 0. The molecule has 0 saturated carbocycles. The molecule has 0 fully saturated rings. The Hall–Kier alpha value is -2.31. The Bertz CT molecular complexity index is 766. The molecular weight excluding hydrogens is 271 g/mol. The molecule has 0 spiro atoms. The van der Waals surface area contributed by atoms with E-state index < -0.39 is 11.7 Å². The van der Waals surface area contributed by atoms with Crippen molar-refractivity contribution in [3.63, 3.8) is 0 Å². The Morgan fingerprint density at radius 2 is 1.95 bits per heavy atom. The van der Waals surface area contributed by atoms with E-state index in [2.05, 4.69) is 15.4 Å². The normalized spacial score (nSPS) is 12.2. The van der Waals surface area contributed by atoms with Crippen molar-refractivity contribution in [1.29, 1.82) is 0 Å². The van der Waals surface area contributed by atoms with Gasteiger partial charge in [0, 0.05) is 10.9 Å². The Labute approximate surface area is 111 Å². The van der Waals surface area contributed by atoms with Crippen LogP contribution >= 0.6 is 0 Å². The van der Waals surface area contributed by atoms with Gasteiger partial charge in [-0.1, -0.05) is 5.16 Å². The molecule has 0 aliphatic heterocycles. The molecule has 1 N–H and O–H groups in total. The summed E-state index contributed by atoms with van der Waals surface area (Å²) in [5, 5.41) is 10.8. The van der Waals surface area contributed by atoms with Crippen molar-refractivity contribution in [3.8, 4) is 11.1 Å². The van der Waals surface area contributed by atoms with Gasteiger partial charge >= 0.3 is 6.18 Å². The van der Waals surface area contributed by atoms with E-state index in [1.165, 1.54) is 6.20 Å². The number of halogens is 3. The second-order valence-electron chi connectivity index (χ2n) is 4.55. The van der Waals surface area contributed by atoms with Gasteiger partial charge in [0.15, 0.2) is 0 Å². The third-order valence-electron chi connectivity index (χ3n) is 3.19. The van der Waals surface area contributed by atoms with Gasteiger partial charge in [-0.25, -0.2) is 0 Å². The highest BCUT2D eigenvalue weighted by Crippen LogP contribution is 2.38. The number of nitrogens with one attached hydrogen (secondary N) is 1. The minimum absolute atomic E-state index is 0.329. The van der Waals surface area contributed by atoms with Gasteiger partial charge in [-0.15, -0.1) is 0 Å². The van der Waals surface area contributed by atoms with Crippen LogP contribution in [-0.2, 0) is 6.18 Å². The zero-order valence-corrected chi connectivity index (χ0v) is 10.7. The van der Waals surface area contributed by atoms with Crippen LogP contribution in [0.25, 0.3) is 22.0 Å². The number of alkyl halides is 3. The standard InChI is InChI=1S/C13H10F3N3O/c1-6-12(7(2)20-19-6)9-3-8(13(14,15)16)4-11-10(9)5-17-18-11/h3-5H,1-2H3,(H,17,18). The minimum atomic E-state index is -4.42. The number of nitrogens with zero attached hydrogens (tertiary/aromatic N) is 2. The number of rotatable bonds is 1. The van der Waals surface area contributed by atoms with Crippen LogP contribution in [0, 0.1) is 13.8 Å². The summed E-state index contributed by atoms with van der Waals surface area (Å²) in [6.45, 7) is 3.36. The van der Waals surface area contributed by atoms with E-state index in [1.54, 1.807) is 13.8 Å². The smallest absolute Gasteiger partial charge is 0.361 e. The van der Waals surface area contributed by atoms with Crippen molar-refractivity contribution in [2.75, 3.05) is 0 Å². The van der Waals surface area contributed by atoms with E-state index in [0.29, 0.717) is 33.5 Å². The Kier molecular flexibility index (Phi) is 2.60. The van der Waals surface area contributed by atoms with E-state index in [1.807, 2.05) is 0 Å². The van der Waals surface area contributed by atoms with Gasteiger partial charge in [-0.3, -0.25) is 5.10 Å². The second-order valence-corrected chi connectivity index (χ2v) is 4.55. The molecule has 2 heterocycles. The monoisotopic (exact) mass is 281 g/mol. The van der Waals surface area contributed by atoms with Gasteiger partial charge in [-0.05, 0) is 31.5 Å². The summed E-state index contributed by atoms with van der Waals surface area (Å²) in [6, 6.07) is 2.15. The molecule has 0 radical (unpaired) electrons. The zero-order chi connectivity index (χ0) is 14.5. The molecule has 3 rings (SSSR count). The van der Waals surface area contributed by atoms with Gasteiger partial charge in [0.1, 0.15) is 5.76 Å². The second kappa shape index (κ2) is 4.09. The summed E-state index contributed by atoms with van der Waals surface area (Å²) in [6.07, 6.45) is -2.93. The SMILES string of the molecule is Cc1noc(C)c1-c1cc(C(F)(F)F)cc2[nH]ncc12. The predicted molar refractivity (Wildman–Crippen MR) is 66.1 cm³/mol. The number of aromatic amines is 1. The van der Waals surface area contributed by atoms with Crippen LogP contribution in [0.4, 0.5) is 13.2 Å². The number of fused-ring (bicyclic) bond motifs is 1. The molecule has 0 unspecified atom stereocenters. The summed E-state index contributed by atoms with van der Waals surface area (Å²) < 4.78 is 44.0. The van der Waals surface area contributed by atoms with E-state index >= 15 is 0 Å². The Balaban J connectivity index is 2.37. The third kappa shape index (κ3) is 1.86. The van der Waals surface area contributed by atoms with Gasteiger partial charge in [0.2, 0.25) is 0 Å². The van der Waals surface area contributed by atoms with Crippen LogP contribution in [0.2, 0.25) is 0 Å². The first kappa shape index (κ1) is 12.7. The molecule has 1 aromatic carbocycles. The molecule has 0 amide bonds. The van der Waals surface area contributed by atoms with Crippen molar-refractivity contribution >= 4 is 10.9 Å². The average Bonchev–Trinajstić information content (AvgIpc) is 2.94. The Morgan fingerprint density at radius 3 is 2.55 bits per heavy atom. The first-order valence-electron chi connectivity index (χ1n) is 5.85. The van der Waals surface area contributed by atoms with Crippen molar-refractivity contribution in [2.24, 2.45) is 0 Å². The summed E-state index contributed by atoms with van der Waals surface area (Å²) in [7, 11) is 0. The Morgan fingerprint density at radius 1 is 1.20 bits per heavy atom. The maximum absolute atomic E-state index is 13.0. The fourth-order valence-electron chi connectivity index (χ4n) is 2.29. The molecule has 0 saturated heterocycles. The van der Waals surface area contributed by atoms with Crippen LogP contribution < -0.4 is 0 Å². The van der Waals surface area contributed by atoms with Gasteiger partial charge in [-0.2, -0.15) is 18.3 Å². The highest BCUT2D eigenvalue weighted by atomic mass is 19.4. The largest absolute Gasteiger partial charge is 0.416 e. The van der Waals surface area contributed by atoms with Crippen LogP contribution in [0.15, 0.2) is 22.9 Å². The maximum Gasteiger partial charge on any atom is 0.416 e. The number of H-pyrrole nitrogens is 1. The molecule has 0 atom stereocenters. The van der Waals surface area contributed by atoms with E-state index in [4.69, 9.17) is 4.52 Å². The first-order valence-corrected chi connectivity index (χ1v) is 5.85. The van der Waals surface area contributed by atoms with Crippen LogP contribution in [0.1, 0.15) is 17.0 Å². The molecule has 0 aliphatic carbocycles. The van der Waals surface area contributed by atoms with E-state index in [9.17, 15) is 13.2 Å². The van der Waals surface area contributed by atoms with Crippen molar-refractivity contribution in [1.82, 2.24) is 15.4 Å². The lowest BCUT2D eigenvalue weighted by atomic mass is 9.98. The van der Waals surface area contributed by atoms with Crippen LogP contribution in [0.5, 0.6) is 0 Å². The van der Waals surface area contributed by atoms with Crippen LogP contribution in [-0.4, -0.2) is 15.4 Å². The van der Waals surface area contributed by atoms with E-state index in [0.717, 1.165) is 12.1 Å². The predicted octanol–water partition coefficient (Wildman–Crippen LogP) is 3.85. The zero-order valence-electron chi connectivity index (χ0n) is 10.7. The molecule has 104 valence electrons. The number of hydrogen-bond acceptors (Lipinski definition) is 3. The number of aromatic nitrogens is 3. The molecular formula is C13H10F3N3O. The number of aryl methyl sites for hydroxylation is 2. The van der Waals surface area contributed by atoms with Gasteiger partial charge in [0.05, 0.1) is 23.0 Å². The molecule has 0 aliphatic rings. The van der Waals surface area contributed by atoms with E-state index in [-0.39, 0.29) is 0 Å². The van der Waals surface area contributed by atoms with Gasteiger partial charge in [0.25, 0.3) is 0 Å². The molecule has 2 aromatic heterocycles. The molecule has 0 bridgehead atoms. The quantitative estimate of drug-likeness (QED) is 0.737. The highest BCUT2D eigenvalue weighted by molar-refractivity contribution is 5.96. The maximum atomic E-state index is 13.0. The molecule has 20 heavy (non-hydrogen) atoms. The fraction of sp³-hybridized carbons (Fsp3) is 0.231. The molecule has 3 aromatic rings. The minimum Gasteiger partial charge on any atom is -0.361 e. The molecule has 4 nitrogen and oxygen atoms in total. The third-order valence-corrected chi connectivity index (χ3v) is 3.19. The summed E-state index contributed by atoms with van der Waals surface area (Å²) in [5.41, 5.74) is 1.13. The lowest BCUT2D eigenvalue weighted by Crippen LogP contribution is -2.05. The average molecular weight is 281 g/mol. The molecule has 7 heteroatoms. The van der Waals surface area contributed by atoms with Crippen molar-refractivity contribution in [2.45, 2.75) is 20.0 Å². The van der Waals surface area contributed by atoms with Gasteiger partial charge < -0.3 is 4.52 Å². The van der Waals surface area contributed by atoms with Crippen molar-refractivity contribution < 1.29 is 17.7 Å². The summed E-state index contributed by atoms with van der Waals surface area (Å²) in [4.78, 5) is 0. The van der Waals surface area contributed by atoms with Crippen molar-refractivity contribution in [3.05, 3.63) is 35.3 Å². The number of benzene rings is 1.